The van der Waals surface area contributed by atoms with Crippen molar-refractivity contribution in [2.75, 3.05) is 7.11 Å². The molecule has 0 radical (unpaired) electrons. The van der Waals surface area contributed by atoms with Crippen molar-refractivity contribution in [1.82, 2.24) is 4.98 Å². The second kappa shape index (κ2) is 4.91. The Morgan fingerprint density at radius 2 is 1.94 bits per heavy atom. The van der Waals surface area contributed by atoms with Crippen LogP contribution in [0.25, 0.3) is 0 Å². The Hall–Kier alpha value is -1.31. The quantitative estimate of drug-likeness (QED) is 0.791. The summed E-state index contributed by atoms with van der Waals surface area (Å²) in [5, 5.41) is -0.713. The molecule has 0 spiro atoms. The molecular weight excluding hydrogens is 273 g/mol. The summed E-state index contributed by atoms with van der Waals surface area (Å²) in [5.41, 5.74) is -0.855. The van der Waals surface area contributed by atoms with Crippen molar-refractivity contribution in [3.05, 3.63) is 16.9 Å². The van der Waals surface area contributed by atoms with Gasteiger partial charge in [-0.1, -0.05) is 11.6 Å². The predicted octanol–water partition coefficient (Wildman–Crippen LogP) is 3.58. The minimum absolute atomic E-state index is 0.458. The molecule has 0 aromatic carbocycles. The lowest BCUT2D eigenvalue weighted by atomic mass is 10.3. The Morgan fingerprint density at radius 1 is 1.35 bits per heavy atom. The van der Waals surface area contributed by atoms with E-state index in [1.165, 1.54) is 0 Å². The van der Waals surface area contributed by atoms with Gasteiger partial charge in [-0.3, -0.25) is 0 Å². The SMILES string of the molecule is COc1c(C(F)F)ncc(OC(F)(F)F)c1Cl. The number of halogens is 6. The molecule has 0 N–H and O–H groups in total. The molecule has 0 aliphatic rings. The summed E-state index contributed by atoms with van der Waals surface area (Å²) in [6, 6.07) is 0. The van der Waals surface area contributed by atoms with E-state index in [4.69, 9.17) is 11.6 Å². The predicted molar refractivity (Wildman–Crippen MR) is 47.4 cm³/mol. The summed E-state index contributed by atoms with van der Waals surface area (Å²) in [6.45, 7) is 0. The van der Waals surface area contributed by atoms with E-state index in [0.29, 0.717) is 6.20 Å². The van der Waals surface area contributed by atoms with Gasteiger partial charge in [0.15, 0.2) is 11.5 Å². The van der Waals surface area contributed by atoms with Crippen molar-refractivity contribution in [3.63, 3.8) is 0 Å². The first kappa shape index (κ1) is 13.8. The first-order valence-corrected chi connectivity index (χ1v) is 4.40. The molecule has 1 rings (SSSR count). The third-order valence-corrected chi connectivity index (χ3v) is 1.96. The first-order valence-electron chi connectivity index (χ1n) is 4.02. The maximum absolute atomic E-state index is 12.4. The van der Waals surface area contributed by atoms with Gasteiger partial charge < -0.3 is 9.47 Å². The van der Waals surface area contributed by atoms with Crippen molar-refractivity contribution >= 4 is 11.6 Å². The van der Waals surface area contributed by atoms with Crippen LogP contribution in [0.2, 0.25) is 5.02 Å². The van der Waals surface area contributed by atoms with Crippen LogP contribution in [0.4, 0.5) is 22.0 Å². The maximum Gasteiger partial charge on any atom is 0.573 e. The van der Waals surface area contributed by atoms with E-state index < -0.39 is 35.0 Å². The summed E-state index contributed by atoms with van der Waals surface area (Å²) in [5.74, 6) is -1.55. The number of hydrogen-bond donors (Lipinski definition) is 0. The molecular formula is C8H5ClF5NO2. The average molecular weight is 278 g/mol. The lowest BCUT2D eigenvalue weighted by Gasteiger charge is -2.14. The molecule has 0 amide bonds. The minimum Gasteiger partial charge on any atom is -0.493 e. The highest BCUT2D eigenvalue weighted by molar-refractivity contribution is 6.33. The summed E-state index contributed by atoms with van der Waals surface area (Å²) < 4.78 is 68.5. The van der Waals surface area contributed by atoms with E-state index in [0.717, 1.165) is 7.11 Å². The van der Waals surface area contributed by atoms with Crippen LogP contribution in [-0.2, 0) is 0 Å². The smallest absolute Gasteiger partial charge is 0.493 e. The van der Waals surface area contributed by atoms with Gasteiger partial charge in [0.2, 0.25) is 0 Å². The number of alkyl halides is 5. The largest absolute Gasteiger partial charge is 0.573 e. The van der Waals surface area contributed by atoms with Gasteiger partial charge in [-0.2, -0.15) is 0 Å². The standard InChI is InChI=1S/C8H5ClF5NO2/c1-16-6-4(9)3(17-8(12,13)14)2-15-5(6)7(10)11/h2,7H,1H3. The number of nitrogens with zero attached hydrogens (tertiary/aromatic N) is 1. The number of methoxy groups -OCH3 is 1. The van der Waals surface area contributed by atoms with Gasteiger partial charge in [0.05, 0.1) is 13.3 Å². The number of aromatic nitrogens is 1. The van der Waals surface area contributed by atoms with Crippen LogP contribution < -0.4 is 9.47 Å². The zero-order valence-corrected chi connectivity index (χ0v) is 8.94. The van der Waals surface area contributed by atoms with E-state index in [1.54, 1.807) is 0 Å². The third kappa shape index (κ3) is 3.32. The van der Waals surface area contributed by atoms with Crippen LogP contribution in [0.3, 0.4) is 0 Å². The van der Waals surface area contributed by atoms with Gasteiger partial charge in [-0.05, 0) is 0 Å². The Morgan fingerprint density at radius 3 is 2.35 bits per heavy atom. The highest BCUT2D eigenvalue weighted by Gasteiger charge is 2.33. The van der Waals surface area contributed by atoms with E-state index in [2.05, 4.69) is 14.5 Å². The molecule has 0 saturated heterocycles. The highest BCUT2D eigenvalue weighted by Crippen LogP contribution is 2.40. The van der Waals surface area contributed by atoms with E-state index >= 15 is 0 Å². The van der Waals surface area contributed by atoms with Gasteiger partial charge in [0, 0.05) is 0 Å². The number of pyridine rings is 1. The van der Waals surface area contributed by atoms with Crippen molar-refractivity contribution in [1.29, 1.82) is 0 Å². The van der Waals surface area contributed by atoms with Gasteiger partial charge in [0.1, 0.15) is 10.7 Å². The van der Waals surface area contributed by atoms with E-state index in [-0.39, 0.29) is 0 Å². The highest BCUT2D eigenvalue weighted by atomic mass is 35.5. The molecule has 0 saturated carbocycles. The molecule has 3 nitrogen and oxygen atoms in total. The van der Waals surface area contributed by atoms with Crippen LogP contribution >= 0.6 is 11.6 Å². The maximum atomic E-state index is 12.4. The molecule has 1 aromatic heterocycles. The lowest BCUT2D eigenvalue weighted by Crippen LogP contribution is -2.18. The Balaban J connectivity index is 3.20. The van der Waals surface area contributed by atoms with Crippen LogP contribution in [0.5, 0.6) is 11.5 Å². The second-order valence-corrected chi connectivity index (χ2v) is 3.08. The zero-order valence-electron chi connectivity index (χ0n) is 8.19. The van der Waals surface area contributed by atoms with Crippen LogP contribution in [-0.4, -0.2) is 18.5 Å². The van der Waals surface area contributed by atoms with Crippen molar-refractivity contribution in [2.45, 2.75) is 12.8 Å². The average Bonchev–Trinajstić information content (AvgIpc) is 2.18. The summed E-state index contributed by atoms with van der Waals surface area (Å²) >= 11 is 5.44. The Bertz CT molecular complexity index is 410. The lowest BCUT2D eigenvalue weighted by molar-refractivity contribution is -0.274. The molecule has 0 aliphatic heterocycles. The van der Waals surface area contributed by atoms with Crippen molar-refractivity contribution < 1.29 is 31.4 Å². The number of ether oxygens (including phenoxy) is 2. The topological polar surface area (TPSA) is 31.4 Å². The van der Waals surface area contributed by atoms with Crippen LogP contribution in [0, 0.1) is 0 Å². The summed E-state index contributed by atoms with van der Waals surface area (Å²) in [6.07, 6.45) is -7.56. The Labute approximate surface area is 97.1 Å². The van der Waals surface area contributed by atoms with Gasteiger partial charge in [0.25, 0.3) is 6.43 Å². The van der Waals surface area contributed by atoms with Crippen LogP contribution in [0.1, 0.15) is 12.1 Å². The number of rotatable bonds is 3. The van der Waals surface area contributed by atoms with E-state index in [9.17, 15) is 22.0 Å². The molecule has 0 aliphatic carbocycles. The molecule has 0 bridgehead atoms. The first-order chi connectivity index (χ1) is 7.76. The fourth-order valence-corrected chi connectivity index (χ4v) is 1.27. The fourth-order valence-electron chi connectivity index (χ4n) is 1.01. The fraction of sp³-hybridized carbons (Fsp3) is 0.375. The third-order valence-electron chi connectivity index (χ3n) is 1.61. The van der Waals surface area contributed by atoms with E-state index in [1.807, 2.05) is 0 Å². The summed E-state index contributed by atoms with van der Waals surface area (Å²) in [7, 11) is 0.978. The van der Waals surface area contributed by atoms with Gasteiger partial charge >= 0.3 is 6.36 Å². The number of hydrogen-bond acceptors (Lipinski definition) is 3. The van der Waals surface area contributed by atoms with Gasteiger partial charge in [-0.25, -0.2) is 13.8 Å². The van der Waals surface area contributed by atoms with Crippen LogP contribution in [0.15, 0.2) is 6.20 Å². The molecule has 96 valence electrons. The van der Waals surface area contributed by atoms with Crippen molar-refractivity contribution in [2.24, 2.45) is 0 Å². The summed E-state index contributed by atoms with van der Waals surface area (Å²) in [4.78, 5) is 3.11. The second-order valence-electron chi connectivity index (χ2n) is 2.70. The van der Waals surface area contributed by atoms with Gasteiger partial charge in [-0.15, -0.1) is 13.2 Å². The molecule has 17 heavy (non-hydrogen) atoms. The minimum atomic E-state index is -5.00. The molecule has 0 fully saturated rings. The molecule has 0 atom stereocenters. The zero-order chi connectivity index (χ0) is 13.2. The molecule has 1 heterocycles. The molecule has 9 heteroatoms. The molecule has 1 aromatic rings. The van der Waals surface area contributed by atoms with Crippen molar-refractivity contribution in [3.8, 4) is 11.5 Å². The monoisotopic (exact) mass is 277 g/mol. The molecule has 0 unspecified atom stereocenters. The normalized spacial score (nSPS) is 11.8. The Kier molecular flexibility index (Phi) is 3.97.